The molecule has 1 unspecified atom stereocenters. The summed E-state index contributed by atoms with van der Waals surface area (Å²) in [5.41, 5.74) is -0.426. The van der Waals surface area contributed by atoms with Gasteiger partial charge in [0, 0.05) is 18.6 Å². The first-order valence-electron chi connectivity index (χ1n) is 9.11. The number of hydrogen-bond donors (Lipinski definition) is 0. The zero-order valence-corrected chi connectivity index (χ0v) is 15.4. The van der Waals surface area contributed by atoms with Crippen LogP contribution >= 0.6 is 0 Å². The Morgan fingerprint density at radius 1 is 0.875 bits per heavy atom. The molecule has 0 saturated carbocycles. The second kappa shape index (κ2) is 10.1. The van der Waals surface area contributed by atoms with Gasteiger partial charge in [0.25, 0.3) is 0 Å². The molecule has 1 nitrogen and oxygen atoms in total. The van der Waals surface area contributed by atoms with Crippen LogP contribution in [0.3, 0.4) is 0 Å². The van der Waals surface area contributed by atoms with E-state index in [0.29, 0.717) is 19.1 Å². The van der Waals surface area contributed by atoms with Crippen molar-refractivity contribution in [1.29, 1.82) is 0 Å². The molecular formula is C20H31F3O. The molecule has 0 saturated heterocycles. The highest BCUT2D eigenvalue weighted by Gasteiger charge is 2.33. The summed E-state index contributed by atoms with van der Waals surface area (Å²) in [5.74, 6) is -3.16. The Hall–Kier alpha value is -1.03. The highest BCUT2D eigenvalue weighted by atomic mass is 19.2. The molecule has 1 aromatic rings. The number of rotatable bonds is 11. The van der Waals surface area contributed by atoms with Crippen LogP contribution in [0, 0.1) is 17.5 Å². The van der Waals surface area contributed by atoms with Gasteiger partial charge in [0.05, 0.1) is 5.60 Å². The average Bonchev–Trinajstić information content (AvgIpc) is 2.50. The molecule has 4 heteroatoms. The number of ether oxygens (including phenoxy) is 1. The molecule has 0 spiro atoms. The first-order chi connectivity index (χ1) is 11.3. The smallest absolute Gasteiger partial charge is 0.161 e. The zero-order chi connectivity index (χ0) is 18.2. The van der Waals surface area contributed by atoms with E-state index in [1.54, 1.807) is 0 Å². The van der Waals surface area contributed by atoms with E-state index in [9.17, 15) is 13.2 Å². The Kier molecular flexibility index (Phi) is 8.82. The molecule has 0 fully saturated rings. The van der Waals surface area contributed by atoms with Crippen molar-refractivity contribution in [3.8, 4) is 0 Å². The quantitative estimate of drug-likeness (QED) is 0.318. The van der Waals surface area contributed by atoms with Crippen molar-refractivity contribution in [3.63, 3.8) is 0 Å². The van der Waals surface area contributed by atoms with E-state index in [-0.39, 0.29) is 11.5 Å². The van der Waals surface area contributed by atoms with E-state index in [2.05, 4.69) is 6.92 Å². The minimum atomic E-state index is -1.15. The summed E-state index contributed by atoms with van der Waals surface area (Å²) in [6.07, 6.45) is 7.45. The van der Waals surface area contributed by atoms with Gasteiger partial charge in [-0.25, -0.2) is 13.2 Å². The Morgan fingerprint density at radius 3 is 2.08 bits per heavy atom. The molecule has 0 aliphatic carbocycles. The van der Waals surface area contributed by atoms with Crippen molar-refractivity contribution in [3.05, 3.63) is 35.1 Å². The topological polar surface area (TPSA) is 9.23 Å². The summed E-state index contributed by atoms with van der Waals surface area (Å²) in [6, 6.07) is 1.63. The van der Waals surface area contributed by atoms with Gasteiger partial charge in [-0.15, -0.1) is 0 Å². The molecule has 0 heterocycles. The summed E-state index contributed by atoms with van der Waals surface area (Å²) >= 11 is 0. The fourth-order valence-corrected chi connectivity index (χ4v) is 3.28. The van der Waals surface area contributed by atoms with Crippen LogP contribution in [0.5, 0.6) is 0 Å². The molecule has 0 aliphatic rings. The van der Waals surface area contributed by atoms with Crippen LogP contribution in [0.4, 0.5) is 13.2 Å². The lowest BCUT2D eigenvalue weighted by Gasteiger charge is -2.35. The van der Waals surface area contributed by atoms with Crippen molar-refractivity contribution in [2.75, 3.05) is 6.61 Å². The van der Waals surface area contributed by atoms with Crippen molar-refractivity contribution in [2.45, 2.75) is 84.2 Å². The van der Waals surface area contributed by atoms with Gasteiger partial charge >= 0.3 is 0 Å². The Morgan fingerprint density at radius 2 is 1.46 bits per heavy atom. The van der Waals surface area contributed by atoms with Gasteiger partial charge in [0.2, 0.25) is 0 Å². The largest absolute Gasteiger partial charge is 0.375 e. The fraction of sp³-hybridized carbons (Fsp3) is 0.700. The number of hydrogen-bond acceptors (Lipinski definition) is 1. The molecule has 1 atom stereocenters. The molecule has 0 radical (unpaired) electrons. The van der Waals surface area contributed by atoms with Gasteiger partial charge in [-0.1, -0.05) is 45.4 Å². The van der Waals surface area contributed by atoms with Crippen LogP contribution in [-0.4, -0.2) is 12.2 Å². The highest BCUT2D eigenvalue weighted by molar-refractivity contribution is 5.26. The molecule has 0 aromatic heterocycles. The maximum atomic E-state index is 14.3. The lowest BCUT2D eigenvalue weighted by molar-refractivity contribution is -0.0343. The molecular weight excluding hydrogens is 313 g/mol. The maximum absolute atomic E-state index is 14.3. The summed E-state index contributed by atoms with van der Waals surface area (Å²) in [6.45, 7) is 8.32. The number of halogens is 3. The van der Waals surface area contributed by atoms with E-state index in [4.69, 9.17) is 4.74 Å². The van der Waals surface area contributed by atoms with Crippen LogP contribution in [-0.2, 0) is 4.74 Å². The molecule has 0 amide bonds. The van der Waals surface area contributed by atoms with Crippen molar-refractivity contribution < 1.29 is 17.9 Å². The molecule has 0 bridgehead atoms. The van der Waals surface area contributed by atoms with Crippen LogP contribution in [0.1, 0.15) is 84.1 Å². The maximum Gasteiger partial charge on any atom is 0.161 e. The van der Waals surface area contributed by atoms with Crippen LogP contribution in [0.25, 0.3) is 0 Å². The summed E-state index contributed by atoms with van der Waals surface area (Å²) in [5, 5.41) is 0. The monoisotopic (exact) mass is 344 g/mol. The molecule has 1 rings (SSSR count). The SMILES string of the molecule is CCCCCCCCC(c1cc(F)c(F)cc1F)C(C)(C)OCC. The van der Waals surface area contributed by atoms with Gasteiger partial charge in [-0.3, -0.25) is 0 Å². The van der Waals surface area contributed by atoms with Gasteiger partial charge in [0.1, 0.15) is 5.82 Å². The normalized spacial score (nSPS) is 13.3. The standard InChI is InChI=1S/C20H31F3O/c1-5-7-8-9-10-11-12-16(20(3,4)24-6-2)15-13-18(22)19(23)14-17(15)21/h13-14,16H,5-12H2,1-4H3. The van der Waals surface area contributed by atoms with Gasteiger partial charge in [0.15, 0.2) is 11.6 Å². The molecule has 0 N–H and O–H groups in total. The van der Waals surface area contributed by atoms with Crippen LogP contribution < -0.4 is 0 Å². The third-order valence-electron chi connectivity index (χ3n) is 4.62. The van der Waals surface area contributed by atoms with Crippen molar-refractivity contribution in [1.82, 2.24) is 0 Å². The second-order valence-electron chi connectivity index (χ2n) is 6.93. The third kappa shape index (κ3) is 6.12. The summed E-state index contributed by atoms with van der Waals surface area (Å²) < 4.78 is 46.9. The predicted octanol–water partition coefficient (Wildman–Crippen LogP) is 6.75. The van der Waals surface area contributed by atoms with E-state index in [1.807, 2.05) is 20.8 Å². The lowest BCUT2D eigenvalue weighted by atomic mass is 9.80. The Bertz CT molecular complexity index is 500. The average molecular weight is 344 g/mol. The van der Waals surface area contributed by atoms with E-state index in [1.165, 1.54) is 19.3 Å². The van der Waals surface area contributed by atoms with E-state index < -0.39 is 23.1 Å². The predicted molar refractivity (Wildman–Crippen MR) is 92.8 cm³/mol. The van der Waals surface area contributed by atoms with Gasteiger partial charge < -0.3 is 4.74 Å². The van der Waals surface area contributed by atoms with Gasteiger partial charge in [-0.05, 0) is 38.8 Å². The van der Waals surface area contributed by atoms with Crippen molar-refractivity contribution >= 4 is 0 Å². The second-order valence-corrected chi connectivity index (χ2v) is 6.93. The highest BCUT2D eigenvalue weighted by Crippen LogP contribution is 2.37. The minimum absolute atomic E-state index is 0.209. The summed E-state index contributed by atoms with van der Waals surface area (Å²) in [4.78, 5) is 0. The summed E-state index contributed by atoms with van der Waals surface area (Å²) in [7, 11) is 0. The van der Waals surface area contributed by atoms with E-state index >= 15 is 0 Å². The first kappa shape index (κ1) is 21.0. The van der Waals surface area contributed by atoms with Gasteiger partial charge in [-0.2, -0.15) is 0 Å². The fourth-order valence-electron chi connectivity index (χ4n) is 3.28. The molecule has 1 aromatic carbocycles. The van der Waals surface area contributed by atoms with Crippen molar-refractivity contribution in [2.24, 2.45) is 0 Å². The molecule has 138 valence electrons. The zero-order valence-electron chi connectivity index (χ0n) is 15.4. The number of benzene rings is 1. The molecule has 24 heavy (non-hydrogen) atoms. The lowest BCUT2D eigenvalue weighted by Crippen LogP contribution is -2.33. The van der Waals surface area contributed by atoms with Crippen LogP contribution in [0.2, 0.25) is 0 Å². The third-order valence-corrected chi connectivity index (χ3v) is 4.62. The van der Waals surface area contributed by atoms with Crippen LogP contribution in [0.15, 0.2) is 12.1 Å². The Balaban J connectivity index is 2.88. The number of unbranched alkanes of at least 4 members (excludes halogenated alkanes) is 5. The Labute approximate surface area is 144 Å². The first-order valence-corrected chi connectivity index (χ1v) is 9.11. The minimum Gasteiger partial charge on any atom is -0.375 e. The van der Waals surface area contributed by atoms with E-state index in [0.717, 1.165) is 25.3 Å². The molecule has 0 aliphatic heterocycles.